The molecule has 0 aromatic heterocycles. The van der Waals surface area contributed by atoms with Crippen molar-refractivity contribution in [3.05, 3.63) is 108 Å². The summed E-state index contributed by atoms with van der Waals surface area (Å²) < 4.78 is 5.92. The lowest BCUT2D eigenvalue weighted by Crippen LogP contribution is -2.35. The molecule has 0 saturated carbocycles. The number of rotatable bonds is 9. The monoisotopic (exact) mass is 522 g/mol. The Morgan fingerprint density at radius 3 is 1.61 bits per heavy atom. The molecule has 0 spiro atoms. The van der Waals surface area contributed by atoms with Crippen LogP contribution < -0.4 is 30.5 Å². The van der Waals surface area contributed by atoms with Crippen LogP contribution in [0, 0.1) is 0 Å². The first kappa shape index (κ1) is 26.3. The molecule has 0 bridgehead atoms. The van der Waals surface area contributed by atoms with Crippen molar-refractivity contribution in [2.45, 2.75) is 33.6 Å². The SMILES string of the molecule is CCN(CC)c1ccc2c(c1)P(c1ccccc1)c1cc(N(CC)CC)ccc1C2c1ccccc1OC. The van der Waals surface area contributed by atoms with Gasteiger partial charge in [0.05, 0.1) is 7.11 Å². The van der Waals surface area contributed by atoms with Crippen molar-refractivity contribution in [1.82, 2.24) is 0 Å². The molecule has 0 aliphatic carbocycles. The molecule has 0 amide bonds. The predicted molar refractivity (Wildman–Crippen MR) is 166 cm³/mol. The smallest absolute Gasteiger partial charge is 0.123 e. The van der Waals surface area contributed by atoms with Crippen molar-refractivity contribution in [1.29, 1.82) is 0 Å². The van der Waals surface area contributed by atoms with Gasteiger partial charge in [-0.1, -0.05) is 60.7 Å². The van der Waals surface area contributed by atoms with Crippen LogP contribution in [0.2, 0.25) is 0 Å². The summed E-state index contributed by atoms with van der Waals surface area (Å²) in [4.78, 5) is 4.91. The molecule has 1 aliphatic heterocycles. The first-order valence-electron chi connectivity index (χ1n) is 13.9. The van der Waals surface area contributed by atoms with E-state index in [-0.39, 0.29) is 5.92 Å². The molecule has 4 heteroatoms. The maximum absolute atomic E-state index is 5.92. The van der Waals surface area contributed by atoms with E-state index in [4.69, 9.17) is 4.74 Å². The van der Waals surface area contributed by atoms with E-state index in [0.717, 1.165) is 31.9 Å². The van der Waals surface area contributed by atoms with Crippen molar-refractivity contribution >= 4 is 35.2 Å². The highest BCUT2D eigenvalue weighted by Crippen LogP contribution is 2.49. The van der Waals surface area contributed by atoms with Gasteiger partial charge < -0.3 is 14.5 Å². The van der Waals surface area contributed by atoms with Crippen molar-refractivity contribution in [2.24, 2.45) is 0 Å². The van der Waals surface area contributed by atoms with Gasteiger partial charge in [-0.3, -0.25) is 0 Å². The average molecular weight is 523 g/mol. The fourth-order valence-corrected chi connectivity index (χ4v) is 8.64. The van der Waals surface area contributed by atoms with E-state index >= 15 is 0 Å². The lowest BCUT2D eigenvalue weighted by molar-refractivity contribution is 0.409. The Kier molecular flexibility index (Phi) is 8.05. The Balaban J connectivity index is 1.83. The van der Waals surface area contributed by atoms with Crippen molar-refractivity contribution < 1.29 is 4.74 Å². The molecule has 0 saturated heterocycles. The molecule has 5 rings (SSSR count). The Morgan fingerprint density at radius 1 is 0.605 bits per heavy atom. The number of para-hydroxylation sites is 1. The zero-order valence-corrected chi connectivity index (χ0v) is 24.2. The summed E-state index contributed by atoms with van der Waals surface area (Å²) in [5, 5.41) is 4.31. The molecule has 0 N–H and O–H groups in total. The summed E-state index contributed by atoms with van der Waals surface area (Å²) in [6, 6.07) is 34.1. The number of benzene rings is 4. The minimum atomic E-state index is -0.726. The van der Waals surface area contributed by atoms with Crippen LogP contribution >= 0.6 is 7.92 Å². The average Bonchev–Trinajstić information content (AvgIpc) is 2.97. The summed E-state index contributed by atoms with van der Waals surface area (Å²) in [5.74, 6) is 1.07. The Bertz CT molecular complexity index is 1320. The second-order valence-electron chi connectivity index (χ2n) is 9.68. The lowest BCUT2D eigenvalue weighted by Gasteiger charge is -2.37. The standard InChI is InChI=1S/C34H39N2OP/c1-6-35(7-2)25-19-21-29-32(23-25)38(27-15-11-10-12-16-27)33-24-26(36(8-3)9-4)20-22-30(33)34(29)28-17-13-14-18-31(28)37-5/h10-24,34H,6-9H2,1-5H3. The lowest BCUT2D eigenvalue weighted by atomic mass is 9.83. The topological polar surface area (TPSA) is 15.7 Å². The van der Waals surface area contributed by atoms with Gasteiger partial charge in [0.15, 0.2) is 0 Å². The molecular weight excluding hydrogens is 483 g/mol. The molecule has 196 valence electrons. The number of ether oxygens (including phenoxy) is 1. The van der Waals surface area contributed by atoms with E-state index in [1.807, 2.05) is 0 Å². The molecule has 4 aromatic carbocycles. The highest BCUT2D eigenvalue weighted by Gasteiger charge is 2.36. The highest BCUT2D eigenvalue weighted by atomic mass is 31.1. The van der Waals surface area contributed by atoms with Crippen molar-refractivity contribution in [2.75, 3.05) is 43.1 Å². The van der Waals surface area contributed by atoms with Gasteiger partial charge in [0.1, 0.15) is 5.75 Å². The molecule has 4 aromatic rings. The van der Waals surface area contributed by atoms with Crippen LogP contribution in [-0.2, 0) is 0 Å². The molecule has 3 nitrogen and oxygen atoms in total. The molecular formula is C34H39N2OP. The molecule has 1 aliphatic rings. The normalized spacial score (nSPS) is 15.9. The van der Waals surface area contributed by atoms with E-state index in [2.05, 4.69) is 128 Å². The summed E-state index contributed by atoms with van der Waals surface area (Å²) in [6.07, 6.45) is 0. The summed E-state index contributed by atoms with van der Waals surface area (Å²) in [5.41, 5.74) is 6.62. The molecule has 38 heavy (non-hydrogen) atoms. The van der Waals surface area contributed by atoms with Crippen LogP contribution in [-0.4, -0.2) is 33.3 Å². The third-order valence-corrected chi connectivity index (χ3v) is 10.4. The fraction of sp³-hybridized carbons (Fsp3) is 0.294. The van der Waals surface area contributed by atoms with E-state index in [9.17, 15) is 0 Å². The van der Waals surface area contributed by atoms with E-state index < -0.39 is 7.92 Å². The Hall–Kier alpha value is -3.29. The van der Waals surface area contributed by atoms with Gasteiger partial charge in [0.25, 0.3) is 0 Å². The second kappa shape index (κ2) is 11.6. The third-order valence-electron chi connectivity index (χ3n) is 7.85. The van der Waals surface area contributed by atoms with Crippen LogP contribution in [0.3, 0.4) is 0 Å². The van der Waals surface area contributed by atoms with Crippen LogP contribution in [0.5, 0.6) is 5.75 Å². The number of methoxy groups -OCH3 is 1. The van der Waals surface area contributed by atoms with E-state index in [1.54, 1.807) is 7.11 Å². The number of hydrogen-bond acceptors (Lipinski definition) is 3. The van der Waals surface area contributed by atoms with Gasteiger partial charge in [0, 0.05) is 49.0 Å². The Labute approximate surface area is 229 Å². The zero-order valence-electron chi connectivity index (χ0n) is 23.3. The number of nitrogens with zero attached hydrogens (tertiary/aromatic N) is 2. The quantitative estimate of drug-likeness (QED) is 0.202. The summed E-state index contributed by atoms with van der Waals surface area (Å²) >= 11 is 0. The molecule has 0 unspecified atom stereocenters. The first-order chi connectivity index (χ1) is 18.6. The molecule has 0 atom stereocenters. The van der Waals surface area contributed by atoms with Crippen molar-refractivity contribution in [3.63, 3.8) is 0 Å². The van der Waals surface area contributed by atoms with Crippen LogP contribution in [0.4, 0.5) is 11.4 Å². The van der Waals surface area contributed by atoms with Gasteiger partial charge in [0.2, 0.25) is 0 Å². The maximum atomic E-state index is 5.92. The minimum Gasteiger partial charge on any atom is -0.496 e. The predicted octanol–water partition coefficient (Wildman–Crippen LogP) is 6.64. The van der Waals surface area contributed by atoms with Crippen LogP contribution in [0.25, 0.3) is 0 Å². The first-order valence-corrected chi connectivity index (χ1v) is 15.2. The van der Waals surface area contributed by atoms with Crippen molar-refractivity contribution in [3.8, 4) is 5.75 Å². The largest absolute Gasteiger partial charge is 0.496 e. The molecule has 0 radical (unpaired) electrons. The summed E-state index contributed by atoms with van der Waals surface area (Å²) in [6.45, 7) is 13.0. The van der Waals surface area contributed by atoms with E-state index in [0.29, 0.717) is 0 Å². The number of anilines is 2. The highest BCUT2D eigenvalue weighted by molar-refractivity contribution is 7.80. The molecule has 0 fully saturated rings. The fourth-order valence-electron chi connectivity index (χ4n) is 5.90. The second-order valence-corrected chi connectivity index (χ2v) is 11.8. The Morgan fingerprint density at radius 2 is 1.11 bits per heavy atom. The zero-order chi connectivity index (χ0) is 26.6. The van der Waals surface area contributed by atoms with E-state index in [1.165, 1.54) is 44.0 Å². The van der Waals surface area contributed by atoms with Gasteiger partial charge >= 0.3 is 0 Å². The molecule has 1 heterocycles. The van der Waals surface area contributed by atoms with Gasteiger partial charge in [-0.25, -0.2) is 0 Å². The van der Waals surface area contributed by atoms with Crippen LogP contribution in [0.15, 0.2) is 91.0 Å². The van der Waals surface area contributed by atoms with Crippen LogP contribution in [0.1, 0.15) is 50.3 Å². The van der Waals surface area contributed by atoms with Gasteiger partial charge in [-0.2, -0.15) is 0 Å². The number of fused-ring (bicyclic) bond motifs is 2. The number of hydrogen-bond donors (Lipinski definition) is 0. The van der Waals surface area contributed by atoms with Gasteiger partial charge in [-0.15, -0.1) is 0 Å². The maximum Gasteiger partial charge on any atom is 0.123 e. The summed E-state index contributed by atoms with van der Waals surface area (Å²) in [7, 11) is 1.06. The van der Waals surface area contributed by atoms with Gasteiger partial charge in [-0.05, 0) is 93.0 Å². The third kappa shape index (κ3) is 4.69. The minimum absolute atomic E-state index is 0.120.